The van der Waals surface area contributed by atoms with E-state index in [4.69, 9.17) is 9.47 Å². The highest BCUT2D eigenvalue weighted by molar-refractivity contribution is 5.93. The highest BCUT2D eigenvalue weighted by atomic mass is 19.4. The fourth-order valence-corrected chi connectivity index (χ4v) is 4.33. The van der Waals surface area contributed by atoms with Crippen LogP contribution in [0.4, 0.5) is 18.9 Å². The minimum absolute atomic E-state index is 0.0565. The van der Waals surface area contributed by atoms with E-state index in [0.29, 0.717) is 42.0 Å². The Morgan fingerprint density at radius 3 is 2.24 bits per heavy atom. The largest absolute Gasteiger partial charge is 0.497 e. The lowest BCUT2D eigenvalue weighted by Crippen LogP contribution is -2.48. The predicted molar refractivity (Wildman–Crippen MR) is 131 cm³/mol. The van der Waals surface area contributed by atoms with Crippen molar-refractivity contribution in [3.8, 4) is 22.8 Å². The minimum Gasteiger partial charge on any atom is -0.497 e. The Hall–Kier alpha value is -4.28. The molecule has 0 atom stereocenters. The van der Waals surface area contributed by atoms with Crippen LogP contribution in [0.2, 0.25) is 0 Å². The van der Waals surface area contributed by atoms with Crippen LogP contribution in [0.25, 0.3) is 16.9 Å². The van der Waals surface area contributed by atoms with E-state index in [0.717, 1.165) is 17.5 Å². The molecule has 192 valence electrons. The van der Waals surface area contributed by atoms with Crippen LogP contribution in [0.5, 0.6) is 11.5 Å². The molecular formula is C26H24F3N5O3. The van der Waals surface area contributed by atoms with Crippen LogP contribution < -0.4 is 14.4 Å². The van der Waals surface area contributed by atoms with Crippen molar-refractivity contribution in [3.63, 3.8) is 0 Å². The summed E-state index contributed by atoms with van der Waals surface area (Å²) in [7, 11) is 3.11. The van der Waals surface area contributed by atoms with Crippen molar-refractivity contribution in [2.75, 3.05) is 45.3 Å². The monoisotopic (exact) mass is 511 g/mol. The zero-order chi connectivity index (χ0) is 26.2. The number of methoxy groups -OCH3 is 2. The highest BCUT2D eigenvalue weighted by Gasteiger charge is 2.36. The molecule has 0 aliphatic carbocycles. The Morgan fingerprint density at radius 1 is 0.892 bits per heavy atom. The lowest BCUT2D eigenvalue weighted by Gasteiger charge is -2.35. The Kier molecular flexibility index (Phi) is 6.36. The molecule has 1 aliphatic heterocycles. The highest BCUT2D eigenvalue weighted by Crippen LogP contribution is 2.33. The van der Waals surface area contributed by atoms with Crippen LogP contribution in [0, 0.1) is 0 Å². The number of rotatable bonds is 5. The lowest BCUT2D eigenvalue weighted by molar-refractivity contribution is -0.142. The number of amides is 1. The molecule has 0 N–H and O–H groups in total. The summed E-state index contributed by atoms with van der Waals surface area (Å²) < 4.78 is 52.9. The van der Waals surface area contributed by atoms with Gasteiger partial charge in [0.25, 0.3) is 5.91 Å². The predicted octanol–water partition coefficient (Wildman–Crippen LogP) is 4.39. The summed E-state index contributed by atoms with van der Waals surface area (Å²) >= 11 is 0. The first-order valence-corrected chi connectivity index (χ1v) is 11.6. The van der Waals surface area contributed by atoms with Crippen LogP contribution in [0.3, 0.4) is 0 Å². The number of piperazine rings is 1. The van der Waals surface area contributed by atoms with Crippen molar-refractivity contribution >= 4 is 17.2 Å². The molecule has 0 bridgehead atoms. The van der Waals surface area contributed by atoms with E-state index >= 15 is 0 Å². The Labute approximate surface area is 210 Å². The van der Waals surface area contributed by atoms with Gasteiger partial charge in [-0.25, -0.2) is 9.50 Å². The normalized spacial score (nSPS) is 14.2. The zero-order valence-electron chi connectivity index (χ0n) is 20.2. The SMILES string of the molecule is COc1ccc(-c2cc(C(F)(F)F)n3nc(C(=O)N4CCN(c5cccc(OC)c5)CC4)cc3n2)cc1. The molecule has 2 aromatic heterocycles. The van der Waals surface area contributed by atoms with Gasteiger partial charge in [0.05, 0.1) is 19.9 Å². The van der Waals surface area contributed by atoms with Crippen molar-refractivity contribution in [2.45, 2.75) is 6.18 Å². The van der Waals surface area contributed by atoms with Crippen LogP contribution in [0.1, 0.15) is 16.2 Å². The first kappa shape index (κ1) is 24.4. The molecule has 5 rings (SSSR count). The van der Waals surface area contributed by atoms with Gasteiger partial charge in [-0.3, -0.25) is 4.79 Å². The first-order valence-electron chi connectivity index (χ1n) is 11.6. The maximum absolute atomic E-state index is 13.9. The van der Waals surface area contributed by atoms with Gasteiger partial charge in [-0.1, -0.05) is 6.07 Å². The maximum atomic E-state index is 13.9. The molecule has 4 aromatic rings. The van der Waals surface area contributed by atoms with Crippen LogP contribution in [-0.2, 0) is 6.18 Å². The number of aromatic nitrogens is 3. The second-order valence-corrected chi connectivity index (χ2v) is 8.53. The summed E-state index contributed by atoms with van der Waals surface area (Å²) in [4.78, 5) is 21.3. The van der Waals surface area contributed by atoms with Crippen molar-refractivity contribution < 1.29 is 27.4 Å². The lowest BCUT2D eigenvalue weighted by atomic mass is 10.1. The summed E-state index contributed by atoms with van der Waals surface area (Å²) in [6, 6.07) is 16.4. The van der Waals surface area contributed by atoms with Crippen molar-refractivity contribution in [1.29, 1.82) is 0 Å². The summed E-state index contributed by atoms with van der Waals surface area (Å²) in [6.07, 6.45) is -4.70. The number of alkyl halides is 3. The molecule has 1 aliphatic rings. The molecule has 0 spiro atoms. The van der Waals surface area contributed by atoms with Gasteiger partial charge in [-0.15, -0.1) is 0 Å². The number of carbonyl (C=O) groups excluding carboxylic acids is 1. The van der Waals surface area contributed by atoms with E-state index in [1.807, 2.05) is 24.3 Å². The molecule has 37 heavy (non-hydrogen) atoms. The number of anilines is 1. The van der Waals surface area contributed by atoms with Crippen molar-refractivity contribution in [3.05, 3.63) is 72.1 Å². The fourth-order valence-electron chi connectivity index (χ4n) is 4.33. The van der Waals surface area contributed by atoms with Gasteiger partial charge >= 0.3 is 6.18 Å². The third kappa shape index (κ3) is 4.89. The molecular weight excluding hydrogens is 487 g/mol. The van der Waals surface area contributed by atoms with Crippen LogP contribution in [0.15, 0.2) is 60.7 Å². The Bertz CT molecular complexity index is 1430. The third-order valence-corrected chi connectivity index (χ3v) is 6.31. The smallest absolute Gasteiger partial charge is 0.433 e. The number of hydrogen-bond donors (Lipinski definition) is 0. The van der Waals surface area contributed by atoms with E-state index in [1.165, 1.54) is 13.2 Å². The number of nitrogens with zero attached hydrogens (tertiary/aromatic N) is 5. The molecule has 1 amide bonds. The van der Waals surface area contributed by atoms with Crippen molar-refractivity contribution in [1.82, 2.24) is 19.5 Å². The standard InChI is InChI=1S/C26H24F3N5O3/c1-36-19-8-6-17(7-9-19)21-15-23(26(27,28)29)34-24(30-21)16-22(31-34)25(35)33-12-10-32(11-13-33)18-4-3-5-20(14-18)37-2/h3-9,14-16H,10-13H2,1-2H3. The van der Waals surface area contributed by atoms with Gasteiger partial charge in [-0.2, -0.15) is 18.3 Å². The second kappa shape index (κ2) is 9.64. The molecule has 0 radical (unpaired) electrons. The molecule has 3 heterocycles. The van der Waals surface area contributed by atoms with E-state index in [2.05, 4.69) is 15.0 Å². The fraction of sp³-hybridized carbons (Fsp3) is 0.269. The van der Waals surface area contributed by atoms with E-state index in [-0.39, 0.29) is 17.0 Å². The molecule has 0 saturated carbocycles. The molecule has 1 fully saturated rings. The van der Waals surface area contributed by atoms with Gasteiger partial charge in [0.15, 0.2) is 17.0 Å². The summed E-state index contributed by atoms with van der Waals surface area (Å²) in [5.41, 5.74) is 0.429. The number of carbonyl (C=O) groups is 1. The average Bonchev–Trinajstić information content (AvgIpc) is 3.36. The van der Waals surface area contributed by atoms with Gasteiger partial charge in [0.2, 0.25) is 0 Å². The van der Waals surface area contributed by atoms with Gasteiger partial charge < -0.3 is 19.3 Å². The van der Waals surface area contributed by atoms with Gasteiger partial charge in [0.1, 0.15) is 11.5 Å². The minimum atomic E-state index is -4.70. The number of hydrogen-bond acceptors (Lipinski definition) is 6. The van der Waals surface area contributed by atoms with Crippen LogP contribution in [-0.4, -0.2) is 65.8 Å². The van der Waals surface area contributed by atoms with Gasteiger partial charge in [-0.05, 0) is 42.5 Å². The third-order valence-electron chi connectivity index (χ3n) is 6.31. The second-order valence-electron chi connectivity index (χ2n) is 8.53. The van der Waals surface area contributed by atoms with E-state index in [1.54, 1.807) is 36.3 Å². The Morgan fingerprint density at radius 2 is 1.59 bits per heavy atom. The molecule has 1 saturated heterocycles. The molecule has 11 heteroatoms. The summed E-state index contributed by atoms with van der Waals surface area (Å²) in [5.74, 6) is 0.877. The van der Waals surface area contributed by atoms with E-state index in [9.17, 15) is 18.0 Å². The van der Waals surface area contributed by atoms with E-state index < -0.39 is 17.8 Å². The number of ether oxygens (including phenoxy) is 2. The summed E-state index contributed by atoms with van der Waals surface area (Å²) in [6.45, 7) is 1.95. The maximum Gasteiger partial charge on any atom is 0.433 e. The Balaban J connectivity index is 1.40. The quantitative estimate of drug-likeness (QED) is 0.396. The molecule has 0 unspecified atom stereocenters. The molecule has 8 nitrogen and oxygen atoms in total. The van der Waals surface area contributed by atoms with Gasteiger partial charge in [0, 0.05) is 49.6 Å². The number of benzene rings is 2. The topological polar surface area (TPSA) is 72.2 Å². The van der Waals surface area contributed by atoms with Crippen LogP contribution >= 0.6 is 0 Å². The summed E-state index contributed by atoms with van der Waals surface area (Å²) in [5, 5.41) is 4.01. The van der Waals surface area contributed by atoms with Crippen molar-refractivity contribution in [2.24, 2.45) is 0 Å². The number of fused-ring (bicyclic) bond motifs is 1. The average molecular weight is 512 g/mol. The zero-order valence-corrected chi connectivity index (χ0v) is 20.2. The number of halogens is 3. The first-order chi connectivity index (χ1) is 17.8. The molecule has 2 aromatic carbocycles.